The van der Waals surface area contributed by atoms with E-state index in [1.807, 2.05) is 24.0 Å². The Morgan fingerprint density at radius 2 is 1.88 bits per heavy atom. The van der Waals surface area contributed by atoms with Gasteiger partial charge in [0.25, 0.3) is 0 Å². The lowest BCUT2D eigenvalue weighted by molar-refractivity contribution is -0.139. The van der Waals surface area contributed by atoms with Crippen LogP contribution in [0.4, 0.5) is 8.78 Å². The molecule has 1 aliphatic rings. The highest BCUT2D eigenvalue weighted by molar-refractivity contribution is 5.69. The number of ether oxygens (including phenoxy) is 1. The molecule has 0 bridgehead atoms. The third-order valence-electron chi connectivity index (χ3n) is 4.95. The summed E-state index contributed by atoms with van der Waals surface area (Å²) in [6.45, 7) is 6.12. The maximum Gasteiger partial charge on any atom is 0.387 e. The molecule has 0 saturated carbocycles. The molecule has 0 aliphatic carbocycles. The first kappa shape index (κ1) is 20.6. The normalized spacial score (nSPS) is 16.4. The zero-order valence-electron chi connectivity index (χ0n) is 15.7. The van der Waals surface area contributed by atoms with Gasteiger partial charge in [0.2, 0.25) is 0 Å². The zero-order chi connectivity index (χ0) is 19.3. The Hall–Kier alpha value is -1.73. The van der Waals surface area contributed by atoms with Gasteiger partial charge in [0.15, 0.2) is 0 Å². The second-order valence-electron chi connectivity index (χ2n) is 6.90. The van der Waals surface area contributed by atoms with Crippen molar-refractivity contribution in [1.82, 2.24) is 9.80 Å². The average molecular weight is 370 g/mol. The predicted molar refractivity (Wildman–Crippen MR) is 95.7 cm³/mol. The SMILES string of the molecule is CCN(CC(=O)O)C1CCN(Cc2cc(C)c(OC(F)F)c(C)c2)CC1. The summed E-state index contributed by atoms with van der Waals surface area (Å²) in [7, 11) is 0. The van der Waals surface area contributed by atoms with E-state index in [4.69, 9.17) is 5.11 Å². The van der Waals surface area contributed by atoms with Gasteiger partial charge in [-0.15, -0.1) is 0 Å². The number of hydrogen-bond donors (Lipinski definition) is 1. The Morgan fingerprint density at radius 1 is 1.31 bits per heavy atom. The van der Waals surface area contributed by atoms with E-state index < -0.39 is 12.6 Å². The van der Waals surface area contributed by atoms with Crippen molar-refractivity contribution in [3.8, 4) is 5.75 Å². The van der Waals surface area contributed by atoms with Crippen LogP contribution in [0.25, 0.3) is 0 Å². The van der Waals surface area contributed by atoms with E-state index >= 15 is 0 Å². The third-order valence-corrected chi connectivity index (χ3v) is 4.95. The standard InChI is InChI=1S/C19H28F2N2O3/c1-4-23(12-17(24)25)16-5-7-22(8-6-16)11-15-9-13(2)18(14(3)10-15)26-19(20)21/h9-10,16,19H,4-8,11-12H2,1-3H3,(H,24,25). The molecule has 1 saturated heterocycles. The van der Waals surface area contributed by atoms with Gasteiger partial charge in [0.05, 0.1) is 6.54 Å². The maximum absolute atomic E-state index is 12.5. The summed E-state index contributed by atoms with van der Waals surface area (Å²) in [5, 5.41) is 9.01. The highest BCUT2D eigenvalue weighted by Gasteiger charge is 2.25. The molecule has 1 aromatic rings. The number of aryl methyl sites for hydroxylation is 2. The predicted octanol–water partition coefficient (Wildman–Crippen LogP) is 3.28. The Labute approximate surface area is 153 Å². The summed E-state index contributed by atoms with van der Waals surface area (Å²) in [4.78, 5) is 15.3. The molecule has 0 radical (unpaired) electrons. The number of nitrogens with zero attached hydrogens (tertiary/aromatic N) is 2. The van der Waals surface area contributed by atoms with E-state index in [-0.39, 0.29) is 12.3 Å². The molecule has 0 unspecified atom stereocenters. The van der Waals surface area contributed by atoms with E-state index in [0.29, 0.717) is 17.2 Å². The van der Waals surface area contributed by atoms with Gasteiger partial charge >= 0.3 is 12.6 Å². The Morgan fingerprint density at radius 3 is 2.35 bits per heavy atom. The minimum absolute atomic E-state index is 0.0884. The van der Waals surface area contributed by atoms with Crippen LogP contribution in [-0.2, 0) is 11.3 Å². The number of carboxylic acid groups (broad SMARTS) is 1. The van der Waals surface area contributed by atoms with Gasteiger partial charge in [0, 0.05) is 12.6 Å². The summed E-state index contributed by atoms with van der Waals surface area (Å²) in [6.07, 6.45) is 1.87. The molecular weight excluding hydrogens is 342 g/mol. The average Bonchev–Trinajstić information content (AvgIpc) is 2.56. The number of likely N-dealkylation sites (N-methyl/N-ethyl adjacent to an activating group) is 1. The zero-order valence-corrected chi connectivity index (χ0v) is 15.7. The van der Waals surface area contributed by atoms with E-state index in [9.17, 15) is 13.6 Å². The number of rotatable bonds is 8. The van der Waals surface area contributed by atoms with Crippen LogP contribution in [0.15, 0.2) is 12.1 Å². The largest absolute Gasteiger partial charge is 0.480 e. The molecule has 0 spiro atoms. The molecule has 5 nitrogen and oxygen atoms in total. The van der Waals surface area contributed by atoms with Crippen molar-refractivity contribution in [2.75, 3.05) is 26.2 Å². The van der Waals surface area contributed by atoms with Crippen molar-refractivity contribution in [3.63, 3.8) is 0 Å². The fraction of sp³-hybridized carbons (Fsp3) is 0.632. The number of piperidine rings is 1. The smallest absolute Gasteiger partial charge is 0.387 e. The highest BCUT2D eigenvalue weighted by atomic mass is 19.3. The van der Waals surface area contributed by atoms with Gasteiger partial charge in [-0.1, -0.05) is 19.1 Å². The molecule has 1 aromatic carbocycles. The summed E-state index contributed by atoms with van der Waals surface area (Å²) in [5.74, 6) is -0.527. The lowest BCUT2D eigenvalue weighted by Crippen LogP contribution is -2.46. The molecule has 0 amide bonds. The van der Waals surface area contributed by atoms with Gasteiger partial charge in [0.1, 0.15) is 5.75 Å². The van der Waals surface area contributed by atoms with Crippen LogP contribution >= 0.6 is 0 Å². The summed E-state index contributed by atoms with van der Waals surface area (Å²) in [6, 6.07) is 4.11. The van der Waals surface area contributed by atoms with Crippen molar-refractivity contribution in [1.29, 1.82) is 0 Å². The Bertz CT molecular complexity index is 594. The van der Waals surface area contributed by atoms with Crippen LogP contribution in [-0.4, -0.2) is 59.7 Å². The third kappa shape index (κ3) is 5.64. The maximum atomic E-state index is 12.5. The van der Waals surface area contributed by atoms with Crippen molar-refractivity contribution in [3.05, 3.63) is 28.8 Å². The number of halogens is 2. The first-order valence-corrected chi connectivity index (χ1v) is 9.03. The second-order valence-corrected chi connectivity index (χ2v) is 6.90. The van der Waals surface area contributed by atoms with Crippen molar-refractivity contribution >= 4 is 5.97 Å². The van der Waals surface area contributed by atoms with Crippen LogP contribution in [0.1, 0.15) is 36.5 Å². The molecule has 1 N–H and O–H groups in total. The van der Waals surface area contributed by atoms with E-state index in [0.717, 1.165) is 44.6 Å². The van der Waals surface area contributed by atoms with Crippen LogP contribution in [0.5, 0.6) is 5.75 Å². The number of carboxylic acids is 1. The van der Waals surface area contributed by atoms with Gasteiger partial charge in [-0.25, -0.2) is 0 Å². The van der Waals surface area contributed by atoms with Crippen LogP contribution in [0.2, 0.25) is 0 Å². The second kappa shape index (κ2) is 9.28. The fourth-order valence-electron chi connectivity index (χ4n) is 3.78. The Balaban J connectivity index is 1.94. The van der Waals surface area contributed by atoms with Gasteiger partial charge in [-0.2, -0.15) is 8.78 Å². The van der Waals surface area contributed by atoms with Crippen molar-refractivity contribution in [2.45, 2.75) is 52.8 Å². The molecule has 2 rings (SSSR count). The molecular formula is C19H28F2N2O3. The minimum Gasteiger partial charge on any atom is -0.480 e. The van der Waals surface area contributed by atoms with Crippen molar-refractivity contribution in [2.24, 2.45) is 0 Å². The minimum atomic E-state index is -2.82. The monoisotopic (exact) mass is 370 g/mol. The van der Waals surface area contributed by atoms with Crippen LogP contribution in [0, 0.1) is 13.8 Å². The van der Waals surface area contributed by atoms with Crippen LogP contribution in [0.3, 0.4) is 0 Å². The molecule has 0 aromatic heterocycles. The lowest BCUT2D eigenvalue weighted by atomic mass is 10.0. The van der Waals surface area contributed by atoms with E-state index in [1.54, 1.807) is 13.8 Å². The quantitative estimate of drug-likeness (QED) is 0.761. The summed E-state index contributed by atoms with van der Waals surface area (Å²) < 4.78 is 29.6. The fourth-order valence-corrected chi connectivity index (χ4v) is 3.78. The topological polar surface area (TPSA) is 53.0 Å². The number of alkyl halides is 2. The van der Waals surface area contributed by atoms with Gasteiger partial charge in [-0.3, -0.25) is 14.6 Å². The lowest BCUT2D eigenvalue weighted by Gasteiger charge is -2.37. The van der Waals surface area contributed by atoms with Crippen LogP contribution < -0.4 is 4.74 Å². The van der Waals surface area contributed by atoms with E-state index in [1.165, 1.54) is 0 Å². The molecule has 1 heterocycles. The number of aliphatic carboxylic acids is 1. The molecule has 7 heteroatoms. The molecule has 26 heavy (non-hydrogen) atoms. The van der Waals surface area contributed by atoms with Crippen molar-refractivity contribution < 1.29 is 23.4 Å². The first-order valence-electron chi connectivity index (χ1n) is 9.03. The highest BCUT2D eigenvalue weighted by Crippen LogP contribution is 2.27. The number of carbonyl (C=O) groups is 1. The molecule has 146 valence electrons. The number of likely N-dealkylation sites (tertiary alicyclic amines) is 1. The van der Waals surface area contributed by atoms with E-state index in [2.05, 4.69) is 9.64 Å². The summed E-state index contributed by atoms with van der Waals surface area (Å²) >= 11 is 0. The molecule has 1 aliphatic heterocycles. The molecule has 1 fully saturated rings. The summed E-state index contributed by atoms with van der Waals surface area (Å²) in [5.41, 5.74) is 2.51. The van der Waals surface area contributed by atoms with Gasteiger partial charge < -0.3 is 9.84 Å². The Kier molecular flexibility index (Phi) is 7.34. The van der Waals surface area contributed by atoms with Gasteiger partial charge in [-0.05, 0) is 63.0 Å². The number of hydrogen-bond acceptors (Lipinski definition) is 4. The first-order chi connectivity index (χ1) is 12.3. The number of benzene rings is 1. The molecule has 0 atom stereocenters.